The molecule has 1 aliphatic rings. The monoisotopic (exact) mass is 404 g/mol. The van der Waals surface area contributed by atoms with Gasteiger partial charge in [0.2, 0.25) is 5.91 Å². The lowest BCUT2D eigenvalue weighted by Crippen LogP contribution is -2.45. The van der Waals surface area contributed by atoms with Gasteiger partial charge in [0, 0.05) is 36.5 Å². The number of rotatable bonds is 7. The van der Waals surface area contributed by atoms with Crippen LogP contribution in [0.5, 0.6) is 0 Å². The molecule has 6 nitrogen and oxygen atoms in total. The molecule has 4 rings (SSSR count). The van der Waals surface area contributed by atoms with Crippen LogP contribution in [-0.4, -0.2) is 45.6 Å². The Morgan fingerprint density at radius 1 is 1.03 bits per heavy atom. The second kappa shape index (κ2) is 9.57. The van der Waals surface area contributed by atoms with E-state index in [1.807, 2.05) is 70.4 Å². The number of aromatic nitrogens is 2. The van der Waals surface area contributed by atoms with E-state index < -0.39 is 0 Å². The maximum atomic E-state index is 13.0. The third kappa shape index (κ3) is 4.70. The lowest BCUT2D eigenvalue weighted by molar-refractivity contribution is -0.135. The van der Waals surface area contributed by atoms with Crippen LogP contribution < -0.4 is 5.32 Å². The van der Waals surface area contributed by atoms with Crippen molar-refractivity contribution in [2.24, 2.45) is 0 Å². The van der Waals surface area contributed by atoms with Gasteiger partial charge in [-0.3, -0.25) is 14.3 Å². The molecule has 156 valence electrons. The van der Waals surface area contributed by atoms with Crippen LogP contribution in [0, 0.1) is 0 Å². The summed E-state index contributed by atoms with van der Waals surface area (Å²) in [4.78, 5) is 27.2. The molecule has 1 fully saturated rings. The van der Waals surface area contributed by atoms with Crippen molar-refractivity contribution < 1.29 is 9.59 Å². The first-order chi connectivity index (χ1) is 14.7. The van der Waals surface area contributed by atoms with Crippen LogP contribution in [0.25, 0.3) is 10.9 Å². The first-order valence-corrected chi connectivity index (χ1v) is 10.8. The molecular formula is C24H28N4O2. The summed E-state index contributed by atoms with van der Waals surface area (Å²) in [6, 6.07) is 17.5. The van der Waals surface area contributed by atoms with Gasteiger partial charge in [-0.25, -0.2) is 0 Å². The molecule has 0 aliphatic carbocycles. The number of piperidine rings is 1. The van der Waals surface area contributed by atoms with Crippen molar-refractivity contribution in [1.82, 2.24) is 20.0 Å². The fourth-order valence-electron chi connectivity index (χ4n) is 4.22. The summed E-state index contributed by atoms with van der Waals surface area (Å²) in [5.41, 5.74) is 1.73. The molecular weight excluding hydrogens is 376 g/mol. The zero-order valence-electron chi connectivity index (χ0n) is 17.2. The number of nitrogens with zero attached hydrogens (tertiary/aromatic N) is 3. The van der Waals surface area contributed by atoms with Crippen molar-refractivity contribution in [3.63, 3.8) is 0 Å². The van der Waals surface area contributed by atoms with Crippen molar-refractivity contribution in [3.8, 4) is 0 Å². The van der Waals surface area contributed by atoms with Crippen molar-refractivity contribution >= 4 is 22.7 Å². The van der Waals surface area contributed by atoms with Crippen LogP contribution in [0.3, 0.4) is 0 Å². The highest BCUT2D eigenvalue weighted by Crippen LogP contribution is 2.21. The Hall–Kier alpha value is -3.15. The molecule has 2 heterocycles. The number of benzene rings is 2. The lowest BCUT2D eigenvalue weighted by atomic mass is 9.98. The van der Waals surface area contributed by atoms with Crippen LogP contribution in [0.2, 0.25) is 0 Å². The van der Waals surface area contributed by atoms with Gasteiger partial charge in [0.05, 0.1) is 18.3 Å². The summed E-state index contributed by atoms with van der Waals surface area (Å²) >= 11 is 0. The molecule has 0 bridgehead atoms. The predicted molar refractivity (Wildman–Crippen MR) is 117 cm³/mol. The Kier molecular flexibility index (Phi) is 6.42. The zero-order valence-corrected chi connectivity index (χ0v) is 17.2. The summed E-state index contributed by atoms with van der Waals surface area (Å²) in [5, 5.41) is 8.51. The molecule has 6 heteroatoms. The van der Waals surface area contributed by atoms with Crippen molar-refractivity contribution in [3.05, 3.63) is 66.4 Å². The molecule has 1 aromatic heterocycles. The summed E-state index contributed by atoms with van der Waals surface area (Å²) in [7, 11) is 0. The molecule has 1 aliphatic heterocycles. The number of carbonyl (C=O) groups excluding carboxylic acids is 2. The first kappa shape index (κ1) is 20.1. The number of amides is 2. The lowest BCUT2D eigenvalue weighted by Gasteiger charge is -2.36. The number of fused-ring (bicyclic) bond motifs is 1. The molecule has 1 N–H and O–H groups in total. The topological polar surface area (TPSA) is 67.2 Å². The van der Waals surface area contributed by atoms with E-state index in [-0.39, 0.29) is 17.9 Å². The molecule has 30 heavy (non-hydrogen) atoms. The Balaban J connectivity index is 1.30. The number of carbonyl (C=O) groups is 2. The minimum absolute atomic E-state index is 0.0603. The highest BCUT2D eigenvalue weighted by molar-refractivity contribution is 5.94. The van der Waals surface area contributed by atoms with E-state index in [0.717, 1.165) is 43.1 Å². The molecule has 0 unspecified atom stereocenters. The van der Waals surface area contributed by atoms with Gasteiger partial charge < -0.3 is 10.2 Å². The van der Waals surface area contributed by atoms with E-state index in [4.69, 9.17) is 0 Å². The van der Waals surface area contributed by atoms with Gasteiger partial charge in [-0.1, -0.05) is 36.4 Å². The van der Waals surface area contributed by atoms with E-state index in [2.05, 4.69) is 10.4 Å². The van der Waals surface area contributed by atoms with Gasteiger partial charge in [-0.15, -0.1) is 0 Å². The molecule has 0 radical (unpaired) electrons. The van der Waals surface area contributed by atoms with E-state index in [0.29, 0.717) is 25.1 Å². The van der Waals surface area contributed by atoms with Crippen molar-refractivity contribution in [1.29, 1.82) is 0 Å². The average molecular weight is 405 g/mol. The van der Waals surface area contributed by atoms with E-state index >= 15 is 0 Å². The van der Waals surface area contributed by atoms with Gasteiger partial charge in [-0.2, -0.15) is 5.10 Å². The molecule has 2 amide bonds. The highest BCUT2D eigenvalue weighted by atomic mass is 16.2. The summed E-state index contributed by atoms with van der Waals surface area (Å²) in [6.45, 7) is 1.96. The minimum Gasteiger partial charge on any atom is -0.352 e. The third-order valence-corrected chi connectivity index (χ3v) is 5.84. The van der Waals surface area contributed by atoms with Crippen LogP contribution in [0.4, 0.5) is 0 Å². The summed E-state index contributed by atoms with van der Waals surface area (Å²) < 4.78 is 1.91. The molecule has 2 aromatic carbocycles. The van der Waals surface area contributed by atoms with Gasteiger partial charge in [0.25, 0.3) is 5.91 Å². The maximum Gasteiger partial charge on any atom is 0.251 e. The van der Waals surface area contributed by atoms with Crippen LogP contribution >= 0.6 is 0 Å². The highest BCUT2D eigenvalue weighted by Gasteiger charge is 2.26. The fraction of sp³-hybridized carbons (Fsp3) is 0.375. The number of aryl methyl sites for hydroxylation is 1. The van der Waals surface area contributed by atoms with Crippen LogP contribution in [0.15, 0.2) is 60.8 Å². The fourth-order valence-corrected chi connectivity index (χ4v) is 4.22. The number of hydrogen-bond acceptors (Lipinski definition) is 3. The van der Waals surface area contributed by atoms with Gasteiger partial charge >= 0.3 is 0 Å². The van der Waals surface area contributed by atoms with Crippen molar-refractivity contribution in [2.75, 3.05) is 13.1 Å². The molecule has 3 aromatic rings. The standard InChI is InChI=1S/C24H28N4O2/c29-23(14-17-28-22-12-5-4-10-20(22)18-26-28)27-16-7-6-11-21(27)13-15-25-24(30)19-8-2-1-3-9-19/h1-5,8-10,12,18,21H,6-7,11,13-17H2,(H,25,30)/t21-/m1/s1. The van der Waals surface area contributed by atoms with Crippen LogP contribution in [-0.2, 0) is 11.3 Å². The number of para-hydroxylation sites is 1. The van der Waals surface area contributed by atoms with Gasteiger partial charge in [-0.05, 0) is 43.9 Å². The Bertz CT molecular complexity index is 999. The normalized spacial score (nSPS) is 16.5. The summed E-state index contributed by atoms with van der Waals surface area (Å²) in [5.74, 6) is 0.114. The Labute approximate surface area is 176 Å². The predicted octanol–water partition coefficient (Wildman–Crippen LogP) is 3.63. The quantitative estimate of drug-likeness (QED) is 0.654. The average Bonchev–Trinajstić information content (AvgIpc) is 3.21. The SMILES string of the molecule is O=C(NCC[C@H]1CCCCN1C(=O)CCn1ncc2ccccc21)c1ccccc1. The first-order valence-electron chi connectivity index (χ1n) is 10.8. The number of hydrogen-bond donors (Lipinski definition) is 1. The van der Waals surface area contributed by atoms with E-state index in [9.17, 15) is 9.59 Å². The van der Waals surface area contributed by atoms with Gasteiger partial charge in [0.15, 0.2) is 0 Å². The second-order valence-electron chi connectivity index (χ2n) is 7.82. The molecule has 0 spiro atoms. The molecule has 1 saturated heterocycles. The minimum atomic E-state index is -0.0603. The number of likely N-dealkylation sites (tertiary alicyclic amines) is 1. The zero-order chi connectivity index (χ0) is 20.8. The molecule has 1 atom stereocenters. The number of nitrogens with one attached hydrogen (secondary N) is 1. The van der Waals surface area contributed by atoms with Crippen molar-refractivity contribution in [2.45, 2.75) is 44.7 Å². The largest absolute Gasteiger partial charge is 0.352 e. The van der Waals surface area contributed by atoms with E-state index in [1.165, 1.54) is 0 Å². The molecule has 0 saturated carbocycles. The Morgan fingerprint density at radius 3 is 2.70 bits per heavy atom. The summed E-state index contributed by atoms with van der Waals surface area (Å²) in [6.07, 6.45) is 6.25. The Morgan fingerprint density at radius 2 is 1.83 bits per heavy atom. The second-order valence-corrected chi connectivity index (χ2v) is 7.82. The van der Waals surface area contributed by atoms with Crippen LogP contribution in [0.1, 0.15) is 42.5 Å². The van der Waals surface area contributed by atoms with E-state index in [1.54, 1.807) is 0 Å². The van der Waals surface area contributed by atoms with Gasteiger partial charge in [0.1, 0.15) is 0 Å². The third-order valence-electron chi connectivity index (χ3n) is 5.84. The smallest absolute Gasteiger partial charge is 0.251 e. The maximum absolute atomic E-state index is 13.0.